The molecule has 4 nitrogen and oxygen atoms in total. The largest absolute Gasteiger partial charge is 0.452 e. The van der Waals surface area contributed by atoms with E-state index in [-0.39, 0.29) is 25.2 Å². The Morgan fingerprint density at radius 1 is 0.667 bits per heavy atom. The van der Waals surface area contributed by atoms with Crippen molar-refractivity contribution in [1.82, 2.24) is 0 Å². The van der Waals surface area contributed by atoms with Crippen LogP contribution >= 0.6 is 0 Å². The van der Waals surface area contributed by atoms with Gasteiger partial charge in [0.05, 0.1) is 0 Å². The molecular weight excluding hydrogens is 304 g/mol. The lowest BCUT2D eigenvalue weighted by atomic mass is 10.2. The minimum atomic E-state index is -0.269. The van der Waals surface area contributed by atoms with Gasteiger partial charge in [-0.25, -0.2) is 0 Å². The van der Waals surface area contributed by atoms with Crippen LogP contribution in [0.15, 0.2) is 0 Å². The molecule has 0 heterocycles. The second-order valence-corrected chi connectivity index (χ2v) is 5.44. The minimum absolute atomic E-state index is 0.154. The molecule has 0 aliphatic rings. The van der Waals surface area contributed by atoms with Gasteiger partial charge >= 0.3 is 11.9 Å². The predicted octanol–water partition coefficient (Wildman–Crippen LogP) is 4.02. The van der Waals surface area contributed by atoms with E-state index in [1.807, 2.05) is 0 Å². The summed E-state index contributed by atoms with van der Waals surface area (Å²) in [5.74, 6) is 11.0. The first-order chi connectivity index (χ1) is 11.7. The van der Waals surface area contributed by atoms with Gasteiger partial charge < -0.3 is 9.47 Å². The zero-order valence-electron chi connectivity index (χ0n) is 15.1. The third-order valence-electron chi connectivity index (χ3n) is 3.18. The van der Waals surface area contributed by atoms with Crippen molar-refractivity contribution in [3.05, 3.63) is 0 Å². The Kier molecular flexibility index (Phi) is 16.0. The molecule has 0 atom stereocenters. The molecule has 0 aromatic carbocycles. The lowest BCUT2D eigenvalue weighted by Crippen LogP contribution is -2.07. The van der Waals surface area contributed by atoms with Crippen molar-refractivity contribution >= 4 is 11.9 Å². The van der Waals surface area contributed by atoms with Crippen LogP contribution in [-0.4, -0.2) is 25.2 Å². The van der Waals surface area contributed by atoms with Crippen LogP contribution in [0.1, 0.15) is 78.1 Å². The quantitative estimate of drug-likeness (QED) is 0.325. The first-order valence-corrected chi connectivity index (χ1v) is 8.93. The van der Waals surface area contributed by atoms with Crippen LogP contribution in [0, 0.1) is 23.7 Å². The van der Waals surface area contributed by atoms with Crippen molar-refractivity contribution in [2.75, 3.05) is 13.2 Å². The van der Waals surface area contributed by atoms with E-state index in [2.05, 4.69) is 37.5 Å². The van der Waals surface area contributed by atoms with Crippen molar-refractivity contribution in [3.63, 3.8) is 0 Å². The third kappa shape index (κ3) is 16.4. The van der Waals surface area contributed by atoms with Crippen molar-refractivity contribution in [3.8, 4) is 23.7 Å². The Hall–Kier alpha value is -1.94. The number of esters is 2. The molecule has 0 fully saturated rings. The standard InChI is InChI=1S/C20H30O4/c1-3-5-7-9-13-17-23-19(21)15-11-12-16-20(22)24-18-14-10-8-6-4-2/h3-8,11-12,15-18H2,1-2H3. The molecule has 0 spiro atoms. The molecular formula is C20H30O4. The molecule has 0 unspecified atom stereocenters. The average Bonchev–Trinajstić information content (AvgIpc) is 2.58. The number of unbranched alkanes of at least 4 members (excludes halogenated alkanes) is 5. The van der Waals surface area contributed by atoms with Crippen molar-refractivity contribution in [1.29, 1.82) is 0 Å². The van der Waals surface area contributed by atoms with Crippen LogP contribution in [0.25, 0.3) is 0 Å². The van der Waals surface area contributed by atoms with Gasteiger partial charge in [0.1, 0.15) is 0 Å². The van der Waals surface area contributed by atoms with Crippen molar-refractivity contribution in [2.45, 2.75) is 78.1 Å². The van der Waals surface area contributed by atoms with Crippen LogP contribution in [0.4, 0.5) is 0 Å². The fourth-order valence-corrected chi connectivity index (χ4v) is 1.73. The summed E-state index contributed by atoms with van der Waals surface area (Å²) >= 11 is 0. The van der Waals surface area contributed by atoms with E-state index in [1.165, 1.54) is 0 Å². The zero-order chi connectivity index (χ0) is 17.9. The fourth-order valence-electron chi connectivity index (χ4n) is 1.73. The van der Waals surface area contributed by atoms with Gasteiger partial charge in [-0.1, -0.05) is 50.4 Å². The number of carbonyl (C=O) groups excluding carboxylic acids is 2. The first kappa shape index (κ1) is 22.1. The van der Waals surface area contributed by atoms with Gasteiger partial charge in [-0.05, 0) is 25.7 Å². The molecule has 134 valence electrons. The molecule has 0 aromatic rings. The maximum atomic E-state index is 11.4. The Balaban J connectivity index is 3.52. The van der Waals surface area contributed by atoms with Crippen LogP contribution in [0.5, 0.6) is 0 Å². The molecule has 0 saturated heterocycles. The van der Waals surface area contributed by atoms with Gasteiger partial charge in [0.25, 0.3) is 0 Å². The molecule has 0 rings (SSSR count). The smallest absolute Gasteiger partial charge is 0.306 e. The van der Waals surface area contributed by atoms with E-state index >= 15 is 0 Å². The predicted molar refractivity (Wildman–Crippen MR) is 95.0 cm³/mol. The molecule has 4 heteroatoms. The Morgan fingerprint density at radius 3 is 1.46 bits per heavy atom. The molecule has 0 aromatic heterocycles. The van der Waals surface area contributed by atoms with Gasteiger partial charge in [-0.2, -0.15) is 0 Å². The molecule has 24 heavy (non-hydrogen) atoms. The van der Waals surface area contributed by atoms with E-state index in [1.54, 1.807) is 0 Å². The van der Waals surface area contributed by atoms with Crippen LogP contribution in [0.3, 0.4) is 0 Å². The van der Waals surface area contributed by atoms with E-state index in [0.717, 1.165) is 38.5 Å². The molecule has 0 aliphatic carbocycles. The van der Waals surface area contributed by atoms with Gasteiger partial charge in [0, 0.05) is 25.7 Å². The van der Waals surface area contributed by atoms with Crippen molar-refractivity contribution in [2.24, 2.45) is 0 Å². The highest BCUT2D eigenvalue weighted by atomic mass is 16.5. The van der Waals surface area contributed by atoms with E-state index < -0.39 is 0 Å². The van der Waals surface area contributed by atoms with Crippen LogP contribution in [-0.2, 0) is 19.1 Å². The maximum Gasteiger partial charge on any atom is 0.306 e. The summed E-state index contributed by atoms with van der Waals surface area (Å²) in [6.07, 6.45) is 7.89. The third-order valence-corrected chi connectivity index (χ3v) is 3.18. The normalized spacial score (nSPS) is 9.25. The van der Waals surface area contributed by atoms with Crippen LogP contribution < -0.4 is 0 Å². The molecule has 0 aliphatic heterocycles. The Bertz CT molecular complexity index is 416. The molecule has 0 amide bonds. The van der Waals surface area contributed by atoms with Gasteiger partial charge in [-0.15, -0.1) is 0 Å². The van der Waals surface area contributed by atoms with E-state index in [4.69, 9.17) is 9.47 Å². The summed E-state index contributed by atoms with van der Waals surface area (Å²) in [5, 5.41) is 0. The SMILES string of the molecule is CCCCC#CCOC(=O)CCCCC(=O)OCC#CCCCC. The number of ether oxygens (including phenoxy) is 2. The summed E-state index contributed by atoms with van der Waals surface area (Å²) in [6, 6.07) is 0. The number of hydrogen-bond acceptors (Lipinski definition) is 4. The summed E-state index contributed by atoms with van der Waals surface area (Å²) < 4.78 is 9.99. The molecule has 0 bridgehead atoms. The number of carbonyl (C=O) groups is 2. The van der Waals surface area contributed by atoms with E-state index in [9.17, 15) is 9.59 Å². The Morgan fingerprint density at radius 2 is 1.08 bits per heavy atom. The minimum Gasteiger partial charge on any atom is -0.452 e. The van der Waals surface area contributed by atoms with Gasteiger partial charge in [0.2, 0.25) is 0 Å². The fraction of sp³-hybridized carbons (Fsp3) is 0.700. The summed E-state index contributed by atoms with van der Waals surface area (Å²) in [7, 11) is 0. The van der Waals surface area contributed by atoms with Gasteiger partial charge in [0.15, 0.2) is 13.2 Å². The van der Waals surface area contributed by atoms with Gasteiger partial charge in [-0.3, -0.25) is 9.59 Å². The zero-order valence-corrected chi connectivity index (χ0v) is 15.1. The molecule has 0 saturated carbocycles. The highest BCUT2D eigenvalue weighted by Gasteiger charge is 2.05. The topological polar surface area (TPSA) is 52.6 Å². The second-order valence-electron chi connectivity index (χ2n) is 5.44. The monoisotopic (exact) mass is 334 g/mol. The summed E-state index contributed by atoms with van der Waals surface area (Å²) in [5.41, 5.74) is 0. The summed E-state index contributed by atoms with van der Waals surface area (Å²) in [6.45, 7) is 4.53. The Labute approximate surface area is 146 Å². The van der Waals surface area contributed by atoms with Crippen LogP contribution in [0.2, 0.25) is 0 Å². The summed E-state index contributed by atoms with van der Waals surface area (Å²) in [4.78, 5) is 22.9. The lowest BCUT2D eigenvalue weighted by molar-refractivity contribution is -0.144. The number of hydrogen-bond donors (Lipinski definition) is 0. The molecule has 0 N–H and O–H groups in total. The first-order valence-electron chi connectivity index (χ1n) is 8.93. The highest BCUT2D eigenvalue weighted by molar-refractivity contribution is 5.70. The maximum absolute atomic E-state index is 11.4. The van der Waals surface area contributed by atoms with Crippen molar-refractivity contribution < 1.29 is 19.1 Å². The second kappa shape index (κ2) is 17.4. The molecule has 0 radical (unpaired) electrons. The number of rotatable bonds is 11. The highest BCUT2D eigenvalue weighted by Crippen LogP contribution is 2.03. The lowest BCUT2D eigenvalue weighted by Gasteiger charge is -2.02. The van der Waals surface area contributed by atoms with E-state index in [0.29, 0.717) is 25.7 Å². The average molecular weight is 334 g/mol.